The summed E-state index contributed by atoms with van der Waals surface area (Å²) in [5.74, 6) is 0.306. The van der Waals surface area contributed by atoms with Crippen LogP contribution in [0.3, 0.4) is 0 Å². The third-order valence-electron chi connectivity index (χ3n) is 5.90. The zero-order valence-corrected chi connectivity index (χ0v) is 21.0. The summed E-state index contributed by atoms with van der Waals surface area (Å²) >= 11 is 0. The molecule has 0 saturated carbocycles. The molecule has 0 saturated heterocycles. The Kier molecular flexibility index (Phi) is 6.56. The molecular weight excluding hydrogens is 442 g/mol. The van der Waals surface area contributed by atoms with Crippen LogP contribution in [0, 0.1) is 0 Å². The van der Waals surface area contributed by atoms with Crippen LogP contribution in [0.2, 0.25) is 0 Å². The van der Waals surface area contributed by atoms with Crippen molar-refractivity contribution in [1.82, 2.24) is 14.7 Å². The Morgan fingerprint density at radius 3 is 2.40 bits per heavy atom. The van der Waals surface area contributed by atoms with Gasteiger partial charge in [0.2, 0.25) is 0 Å². The lowest BCUT2D eigenvalue weighted by Gasteiger charge is -2.30. The molecule has 1 aliphatic heterocycles. The quantitative estimate of drug-likeness (QED) is 0.524. The summed E-state index contributed by atoms with van der Waals surface area (Å²) in [7, 11) is 0. The number of nitrogens with two attached hydrogens (primary N) is 1. The normalized spacial score (nSPS) is 13.5. The number of aromatic nitrogens is 2. The summed E-state index contributed by atoms with van der Waals surface area (Å²) < 4.78 is 7.64. The highest BCUT2D eigenvalue weighted by Crippen LogP contribution is 2.35. The van der Waals surface area contributed by atoms with Crippen LogP contribution in [0.15, 0.2) is 48.5 Å². The number of para-hydroxylation sites is 1. The average molecular weight is 476 g/mol. The van der Waals surface area contributed by atoms with E-state index in [0.29, 0.717) is 31.1 Å². The van der Waals surface area contributed by atoms with Gasteiger partial charge in [-0.25, -0.2) is 14.3 Å². The van der Waals surface area contributed by atoms with Crippen LogP contribution in [-0.4, -0.2) is 39.0 Å². The van der Waals surface area contributed by atoms with Crippen molar-refractivity contribution in [2.24, 2.45) is 5.73 Å². The Labute approximate surface area is 206 Å². The van der Waals surface area contributed by atoms with Gasteiger partial charge in [-0.15, -0.1) is 0 Å². The van der Waals surface area contributed by atoms with Crippen LogP contribution in [0.1, 0.15) is 57.4 Å². The first-order valence-electron chi connectivity index (χ1n) is 11.9. The SMILES string of the molecule is CC(C)c1ccccc1-n1nc2c(c1-c1ccc(NC(N)=O)cc1)CN(C(=O)OC(C)(C)C)CC2. The summed E-state index contributed by atoms with van der Waals surface area (Å²) in [5, 5.41) is 7.63. The van der Waals surface area contributed by atoms with Crippen LogP contribution >= 0.6 is 0 Å². The molecule has 1 aromatic heterocycles. The molecule has 3 amide bonds. The molecule has 1 aliphatic rings. The van der Waals surface area contributed by atoms with Gasteiger partial charge in [-0.3, -0.25) is 0 Å². The molecule has 3 aromatic rings. The molecule has 0 aliphatic carbocycles. The number of hydrogen-bond acceptors (Lipinski definition) is 4. The molecule has 3 N–H and O–H groups in total. The van der Waals surface area contributed by atoms with E-state index in [4.69, 9.17) is 15.6 Å². The predicted octanol–water partition coefficient (Wildman–Crippen LogP) is 5.45. The Balaban J connectivity index is 1.82. The minimum Gasteiger partial charge on any atom is -0.444 e. The summed E-state index contributed by atoms with van der Waals surface area (Å²) in [6.07, 6.45) is 0.310. The van der Waals surface area contributed by atoms with Gasteiger partial charge < -0.3 is 20.7 Å². The summed E-state index contributed by atoms with van der Waals surface area (Å²) in [6, 6.07) is 15.1. The number of urea groups is 1. The van der Waals surface area contributed by atoms with Crippen LogP contribution < -0.4 is 11.1 Å². The lowest BCUT2D eigenvalue weighted by atomic mass is 9.99. The number of benzene rings is 2. The van der Waals surface area contributed by atoms with Gasteiger partial charge in [-0.05, 0) is 50.5 Å². The molecule has 0 radical (unpaired) electrons. The second-order valence-electron chi connectivity index (χ2n) is 10.1. The van der Waals surface area contributed by atoms with Crippen molar-refractivity contribution < 1.29 is 14.3 Å². The summed E-state index contributed by atoms with van der Waals surface area (Å²) in [6.45, 7) is 10.9. The van der Waals surface area contributed by atoms with Gasteiger partial charge in [0.05, 0.1) is 23.6 Å². The van der Waals surface area contributed by atoms with Gasteiger partial charge in [0.25, 0.3) is 0 Å². The summed E-state index contributed by atoms with van der Waals surface area (Å²) in [4.78, 5) is 25.9. The Morgan fingerprint density at radius 2 is 1.77 bits per heavy atom. The number of anilines is 1. The topological polar surface area (TPSA) is 102 Å². The number of nitrogens with zero attached hydrogens (tertiary/aromatic N) is 3. The van der Waals surface area contributed by atoms with Gasteiger partial charge in [0, 0.05) is 29.8 Å². The minimum atomic E-state index is -0.612. The molecule has 8 nitrogen and oxygen atoms in total. The fourth-order valence-corrected chi connectivity index (χ4v) is 4.35. The zero-order chi connectivity index (χ0) is 25.3. The number of carbonyl (C=O) groups excluding carboxylic acids is 2. The maximum atomic E-state index is 12.9. The lowest BCUT2D eigenvalue weighted by molar-refractivity contribution is 0.0224. The number of carbonyl (C=O) groups is 2. The highest BCUT2D eigenvalue weighted by Gasteiger charge is 2.31. The largest absolute Gasteiger partial charge is 0.444 e. The molecule has 8 heteroatoms. The fourth-order valence-electron chi connectivity index (χ4n) is 4.35. The number of nitrogens with one attached hydrogen (secondary N) is 1. The van der Waals surface area contributed by atoms with Gasteiger partial charge >= 0.3 is 12.1 Å². The molecule has 0 unspecified atom stereocenters. The monoisotopic (exact) mass is 475 g/mol. The third kappa shape index (κ3) is 5.31. The van der Waals surface area contributed by atoms with E-state index in [-0.39, 0.29) is 6.09 Å². The first-order valence-corrected chi connectivity index (χ1v) is 11.9. The van der Waals surface area contributed by atoms with Crippen molar-refractivity contribution >= 4 is 17.8 Å². The molecule has 35 heavy (non-hydrogen) atoms. The van der Waals surface area contributed by atoms with E-state index in [1.54, 1.807) is 4.90 Å². The van der Waals surface area contributed by atoms with E-state index < -0.39 is 11.6 Å². The van der Waals surface area contributed by atoms with Crippen LogP contribution in [0.4, 0.5) is 15.3 Å². The van der Waals surface area contributed by atoms with Crippen LogP contribution in [-0.2, 0) is 17.7 Å². The first kappa shape index (κ1) is 24.3. The molecular formula is C27H33N5O3. The molecule has 2 aromatic carbocycles. The Hall–Kier alpha value is -3.81. The van der Waals surface area contributed by atoms with Crippen molar-refractivity contribution in [3.05, 3.63) is 65.4 Å². The van der Waals surface area contributed by atoms with Crippen molar-refractivity contribution in [3.63, 3.8) is 0 Å². The molecule has 0 fully saturated rings. The minimum absolute atomic E-state index is 0.306. The number of hydrogen-bond donors (Lipinski definition) is 2. The highest BCUT2D eigenvalue weighted by molar-refractivity contribution is 5.88. The van der Waals surface area contributed by atoms with Gasteiger partial charge in [-0.2, -0.15) is 5.10 Å². The van der Waals surface area contributed by atoms with Gasteiger partial charge in [-0.1, -0.05) is 44.2 Å². The maximum Gasteiger partial charge on any atom is 0.410 e. The second kappa shape index (κ2) is 9.44. The molecule has 2 heterocycles. The summed E-state index contributed by atoms with van der Waals surface area (Å²) in [5.41, 5.74) is 11.3. The number of primary amides is 1. The Bertz CT molecular complexity index is 1240. The lowest BCUT2D eigenvalue weighted by Crippen LogP contribution is -2.39. The van der Waals surface area contributed by atoms with Crippen molar-refractivity contribution in [2.75, 3.05) is 11.9 Å². The second-order valence-corrected chi connectivity index (χ2v) is 10.1. The number of ether oxygens (including phenoxy) is 1. The van der Waals surface area contributed by atoms with E-state index in [9.17, 15) is 9.59 Å². The molecule has 184 valence electrons. The van der Waals surface area contributed by atoms with Crippen molar-refractivity contribution in [1.29, 1.82) is 0 Å². The van der Waals surface area contributed by atoms with Gasteiger partial charge in [0.1, 0.15) is 5.60 Å². The number of amides is 3. The zero-order valence-electron chi connectivity index (χ0n) is 21.0. The van der Waals surface area contributed by atoms with Crippen molar-refractivity contribution in [2.45, 2.75) is 59.1 Å². The molecule has 0 bridgehead atoms. The van der Waals surface area contributed by atoms with E-state index >= 15 is 0 Å². The van der Waals surface area contributed by atoms with Crippen LogP contribution in [0.5, 0.6) is 0 Å². The van der Waals surface area contributed by atoms with Gasteiger partial charge in [0.15, 0.2) is 0 Å². The number of fused-ring (bicyclic) bond motifs is 1. The molecule has 0 spiro atoms. The Morgan fingerprint density at radius 1 is 1.09 bits per heavy atom. The standard InChI is InChI=1S/C27H33N5O3/c1-17(2)20-8-6-7-9-23(20)32-24(18-10-12-19(13-11-18)29-25(28)33)21-16-31(15-14-22(21)30-32)26(34)35-27(3,4)5/h6-13,17H,14-16H2,1-5H3,(H3,28,29,33). The maximum absolute atomic E-state index is 12.9. The van der Waals surface area contributed by atoms with E-state index in [1.807, 2.05) is 61.9 Å². The van der Waals surface area contributed by atoms with E-state index in [2.05, 4.69) is 31.3 Å². The van der Waals surface area contributed by atoms with E-state index in [1.165, 1.54) is 5.56 Å². The third-order valence-corrected chi connectivity index (χ3v) is 5.90. The first-order chi connectivity index (χ1) is 16.5. The average Bonchev–Trinajstić information content (AvgIpc) is 3.16. The molecule has 0 atom stereocenters. The van der Waals surface area contributed by atoms with E-state index in [0.717, 1.165) is 28.2 Å². The fraction of sp³-hybridized carbons (Fsp3) is 0.370. The van der Waals surface area contributed by atoms with Crippen molar-refractivity contribution in [3.8, 4) is 16.9 Å². The molecule has 4 rings (SSSR count). The highest BCUT2D eigenvalue weighted by atomic mass is 16.6. The number of rotatable bonds is 4. The van der Waals surface area contributed by atoms with Crippen LogP contribution in [0.25, 0.3) is 16.9 Å². The smallest absolute Gasteiger partial charge is 0.410 e. The predicted molar refractivity (Wildman–Crippen MR) is 137 cm³/mol.